The molecule has 228 valence electrons. The number of nitrogens with one attached hydrogen (secondary N) is 1. The van der Waals surface area contributed by atoms with Crippen molar-refractivity contribution in [2.24, 2.45) is 0 Å². The average Bonchev–Trinajstić information content (AvgIpc) is 2.98. The van der Waals surface area contributed by atoms with Crippen LogP contribution in [0.3, 0.4) is 0 Å². The van der Waals surface area contributed by atoms with E-state index in [4.69, 9.17) is 11.6 Å². The summed E-state index contributed by atoms with van der Waals surface area (Å²) in [5.41, 5.74) is 1.07. The van der Waals surface area contributed by atoms with Crippen LogP contribution in [0.25, 0.3) is 0 Å². The SMILES string of the molecule is CN(C)C(=O)N1CCC(N[C@H](Cc2ccc(Cl)cc2)C(=O)N2CCC(N(C(=O)N(C)C)C3CCCCC3)CC2)CC1. The van der Waals surface area contributed by atoms with Gasteiger partial charge < -0.3 is 29.8 Å². The first-order chi connectivity index (χ1) is 19.6. The van der Waals surface area contributed by atoms with Crippen LogP contribution in [0.15, 0.2) is 24.3 Å². The summed E-state index contributed by atoms with van der Waals surface area (Å²) in [7, 11) is 7.23. The predicted octanol–water partition coefficient (Wildman–Crippen LogP) is 4.29. The van der Waals surface area contributed by atoms with Gasteiger partial charge in [-0.1, -0.05) is 43.0 Å². The van der Waals surface area contributed by atoms with Crippen LogP contribution in [0, 0.1) is 0 Å². The molecule has 0 unspecified atom stereocenters. The number of hydrogen-bond acceptors (Lipinski definition) is 4. The predicted molar refractivity (Wildman–Crippen MR) is 163 cm³/mol. The maximum absolute atomic E-state index is 14.0. The van der Waals surface area contributed by atoms with Crippen molar-refractivity contribution in [3.05, 3.63) is 34.9 Å². The zero-order chi connectivity index (χ0) is 29.5. The number of hydrogen-bond donors (Lipinski definition) is 1. The highest BCUT2D eigenvalue weighted by molar-refractivity contribution is 6.30. The van der Waals surface area contributed by atoms with Gasteiger partial charge in [0.25, 0.3) is 0 Å². The van der Waals surface area contributed by atoms with Crippen molar-refractivity contribution in [2.45, 2.75) is 88.4 Å². The smallest absolute Gasteiger partial charge is 0.319 e. The van der Waals surface area contributed by atoms with Crippen molar-refractivity contribution in [2.75, 3.05) is 54.4 Å². The van der Waals surface area contributed by atoms with Crippen LogP contribution in [0.4, 0.5) is 9.59 Å². The molecule has 41 heavy (non-hydrogen) atoms. The van der Waals surface area contributed by atoms with Gasteiger partial charge in [-0.3, -0.25) is 4.79 Å². The van der Waals surface area contributed by atoms with Crippen LogP contribution in [-0.2, 0) is 11.2 Å². The Morgan fingerprint density at radius 1 is 0.805 bits per heavy atom. The van der Waals surface area contributed by atoms with Crippen LogP contribution in [-0.4, -0.2) is 121 Å². The lowest BCUT2D eigenvalue weighted by molar-refractivity contribution is -0.135. The van der Waals surface area contributed by atoms with Crippen LogP contribution in [0.2, 0.25) is 5.02 Å². The summed E-state index contributed by atoms with van der Waals surface area (Å²) >= 11 is 6.13. The molecule has 1 aromatic rings. The highest BCUT2D eigenvalue weighted by atomic mass is 35.5. The van der Waals surface area contributed by atoms with E-state index >= 15 is 0 Å². The number of halogens is 1. The van der Waals surface area contributed by atoms with Gasteiger partial charge in [-0.05, 0) is 62.6 Å². The van der Waals surface area contributed by atoms with Gasteiger partial charge in [0.2, 0.25) is 5.91 Å². The minimum Gasteiger partial charge on any atom is -0.341 e. The molecule has 3 aliphatic rings. The third-order valence-electron chi connectivity index (χ3n) is 8.98. The lowest BCUT2D eigenvalue weighted by Gasteiger charge is -2.45. The van der Waals surface area contributed by atoms with Crippen molar-refractivity contribution in [1.29, 1.82) is 0 Å². The Morgan fingerprint density at radius 3 is 1.93 bits per heavy atom. The Balaban J connectivity index is 1.41. The van der Waals surface area contributed by atoms with Crippen molar-refractivity contribution in [1.82, 2.24) is 29.8 Å². The molecule has 2 saturated heterocycles. The maximum atomic E-state index is 14.0. The van der Waals surface area contributed by atoms with E-state index in [1.54, 1.807) is 23.9 Å². The van der Waals surface area contributed by atoms with E-state index in [-0.39, 0.29) is 36.1 Å². The van der Waals surface area contributed by atoms with E-state index in [0.29, 0.717) is 43.7 Å². The lowest BCUT2D eigenvalue weighted by atomic mass is 9.91. The monoisotopic (exact) mass is 588 g/mol. The van der Waals surface area contributed by atoms with E-state index < -0.39 is 0 Å². The second kappa shape index (κ2) is 14.6. The molecule has 2 aliphatic heterocycles. The van der Waals surface area contributed by atoms with Gasteiger partial charge in [-0.15, -0.1) is 0 Å². The summed E-state index contributed by atoms with van der Waals surface area (Å²) in [6.45, 7) is 2.67. The quantitative estimate of drug-likeness (QED) is 0.515. The first kappa shape index (κ1) is 31.4. The Bertz CT molecular complexity index is 1010. The molecule has 10 heteroatoms. The molecule has 3 fully saturated rings. The Kier molecular flexibility index (Phi) is 11.2. The molecule has 1 aliphatic carbocycles. The second-order valence-electron chi connectivity index (χ2n) is 12.4. The molecule has 9 nitrogen and oxygen atoms in total. The molecule has 1 atom stereocenters. The molecule has 1 saturated carbocycles. The molecule has 0 spiro atoms. The van der Waals surface area contributed by atoms with Crippen LogP contribution in [0.5, 0.6) is 0 Å². The number of urea groups is 2. The van der Waals surface area contributed by atoms with Crippen molar-refractivity contribution < 1.29 is 14.4 Å². The number of piperidine rings is 2. The molecular formula is C31H49ClN6O3. The first-order valence-electron chi connectivity index (χ1n) is 15.4. The molecule has 0 radical (unpaired) electrons. The average molecular weight is 589 g/mol. The highest BCUT2D eigenvalue weighted by Crippen LogP contribution is 2.29. The van der Waals surface area contributed by atoms with Crippen LogP contribution >= 0.6 is 11.6 Å². The highest BCUT2D eigenvalue weighted by Gasteiger charge is 2.37. The zero-order valence-electron chi connectivity index (χ0n) is 25.4. The summed E-state index contributed by atoms with van der Waals surface area (Å²) in [6, 6.07) is 8.14. The van der Waals surface area contributed by atoms with E-state index in [0.717, 1.165) is 44.1 Å². The second-order valence-corrected chi connectivity index (χ2v) is 12.9. The van der Waals surface area contributed by atoms with Crippen LogP contribution < -0.4 is 5.32 Å². The third-order valence-corrected chi connectivity index (χ3v) is 9.23. The van der Waals surface area contributed by atoms with Gasteiger partial charge >= 0.3 is 12.1 Å². The van der Waals surface area contributed by atoms with Crippen molar-refractivity contribution >= 4 is 29.6 Å². The lowest BCUT2D eigenvalue weighted by Crippen LogP contribution is -2.58. The fourth-order valence-corrected chi connectivity index (χ4v) is 6.79. The molecule has 4 rings (SSSR count). The summed E-state index contributed by atoms with van der Waals surface area (Å²) in [4.78, 5) is 49.0. The minimum atomic E-state index is -0.355. The largest absolute Gasteiger partial charge is 0.341 e. The number of benzene rings is 1. The Labute approximate surface area is 251 Å². The van der Waals surface area contributed by atoms with Gasteiger partial charge in [0.15, 0.2) is 0 Å². The van der Waals surface area contributed by atoms with Gasteiger partial charge in [0, 0.05) is 77.5 Å². The number of carbonyl (C=O) groups excluding carboxylic acids is 3. The molecule has 1 aromatic carbocycles. The maximum Gasteiger partial charge on any atom is 0.319 e. The summed E-state index contributed by atoms with van der Waals surface area (Å²) in [6.07, 6.45) is 9.58. The van der Waals surface area contributed by atoms with Gasteiger partial charge in [0.1, 0.15) is 0 Å². The summed E-state index contributed by atoms with van der Waals surface area (Å²) < 4.78 is 0. The topological polar surface area (TPSA) is 79.4 Å². The number of rotatable bonds is 7. The van der Waals surface area contributed by atoms with E-state index in [9.17, 15) is 14.4 Å². The fourth-order valence-electron chi connectivity index (χ4n) is 6.66. The normalized spacial score (nSPS) is 20.0. The minimum absolute atomic E-state index is 0.0372. The van der Waals surface area contributed by atoms with Crippen LogP contribution in [0.1, 0.15) is 63.4 Å². The summed E-state index contributed by atoms with van der Waals surface area (Å²) in [5, 5.41) is 4.36. The molecule has 0 bridgehead atoms. The van der Waals surface area contributed by atoms with Gasteiger partial charge in [-0.2, -0.15) is 0 Å². The number of likely N-dealkylation sites (tertiary alicyclic amines) is 2. The summed E-state index contributed by atoms with van der Waals surface area (Å²) in [5.74, 6) is 0.119. The molecular weight excluding hydrogens is 540 g/mol. The van der Waals surface area contributed by atoms with E-state index in [2.05, 4.69) is 10.2 Å². The Morgan fingerprint density at radius 2 is 1.37 bits per heavy atom. The fraction of sp³-hybridized carbons (Fsp3) is 0.710. The first-order valence-corrected chi connectivity index (χ1v) is 15.8. The molecule has 5 amide bonds. The van der Waals surface area contributed by atoms with E-state index in [1.165, 1.54) is 19.3 Å². The van der Waals surface area contributed by atoms with Gasteiger partial charge in [0.05, 0.1) is 6.04 Å². The number of amides is 5. The Hall–Kier alpha value is -2.52. The zero-order valence-corrected chi connectivity index (χ0v) is 26.1. The molecule has 0 aromatic heterocycles. The van der Waals surface area contributed by atoms with Gasteiger partial charge in [-0.25, -0.2) is 9.59 Å². The molecule has 2 heterocycles. The number of carbonyl (C=O) groups is 3. The molecule has 1 N–H and O–H groups in total. The van der Waals surface area contributed by atoms with E-state index in [1.807, 2.05) is 48.2 Å². The third kappa shape index (κ3) is 8.28. The van der Waals surface area contributed by atoms with Crippen molar-refractivity contribution in [3.8, 4) is 0 Å². The van der Waals surface area contributed by atoms with Crippen molar-refractivity contribution in [3.63, 3.8) is 0 Å². The number of nitrogens with zero attached hydrogens (tertiary/aromatic N) is 5. The standard InChI is InChI=1S/C31H49ClN6O3/c1-34(2)30(40)37-18-14-25(15-19-37)33-28(22-23-10-12-24(32)13-11-23)29(39)36-20-16-27(17-21-36)38(31(41)35(3)4)26-8-6-5-7-9-26/h10-13,25-28,33H,5-9,14-22H2,1-4H3/t28-/m1/s1.